The third-order valence-electron chi connectivity index (χ3n) is 4.83. The first kappa shape index (κ1) is 13.8. The van der Waals surface area contributed by atoms with Crippen LogP contribution in [0.25, 0.3) is 0 Å². The van der Waals surface area contributed by atoms with E-state index >= 15 is 0 Å². The van der Waals surface area contributed by atoms with Crippen LogP contribution in [0.2, 0.25) is 0 Å². The summed E-state index contributed by atoms with van der Waals surface area (Å²) in [6.07, 6.45) is 3.36. The van der Waals surface area contributed by atoms with Crippen LogP contribution in [0.15, 0.2) is 0 Å². The summed E-state index contributed by atoms with van der Waals surface area (Å²) in [4.78, 5) is 5.10. The van der Waals surface area contributed by atoms with Gasteiger partial charge in [-0.1, -0.05) is 0 Å². The molecule has 0 spiro atoms. The summed E-state index contributed by atoms with van der Waals surface area (Å²) in [6, 6.07) is 0.627. The molecule has 3 fully saturated rings. The highest BCUT2D eigenvalue weighted by molar-refractivity contribution is 4.93. The SMILES string of the molecule is OCCO[C@@H]1C[C@H]2CN(CC3CC(O)C3)CCN2C1. The van der Waals surface area contributed by atoms with Gasteiger partial charge in [0.1, 0.15) is 0 Å². The Morgan fingerprint density at radius 2 is 1.95 bits per heavy atom. The second-order valence-electron chi connectivity index (χ2n) is 6.35. The number of hydrogen-bond acceptors (Lipinski definition) is 5. The molecule has 2 N–H and O–H groups in total. The van der Waals surface area contributed by atoms with Crippen LogP contribution in [-0.4, -0.2) is 84.2 Å². The van der Waals surface area contributed by atoms with Gasteiger partial charge in [0.05, 0.1) is 25.4 Å². The average molecular weight is 270 g/mol. The number of rotatable bonds is 5. The fraction of sp³-hybridized carbons (Fsp3) is 1.00. The van der Waals surface area contributed by atoms with Crippen LogP contribution in [0, 0.1) is 5.92 Å². The Kier molecular flexibility index (Phi) is 4.39. The van der Waals surface area contributed by atoms with E-state index in [0.29, 0.717) is 24.7 Å². The molecule has 1 aliphatic carbocycles. The van der Waals surface area contributed by atoms with Crippen molar-refractivity contribution in [3.05, 3.63) is 0 Å². The van der Waals surface area contributed by atoms with Gasteiger partial charge in [-0.05, 0) is 25.2 Å². The Morgan fingerprint density at radius 1 is 1.11 bits per heavy atom. The third kappa shape index (κ3) is 3.28. The largest absolute Gasteiger partial charge is 0.394 e. The molecule has 0 bridgehead atoms. The molecular weight excluding hydrogens is 244 g/mol. The van der Waals surface area contributed by atoms with Crippen molar-refractivity contribution in [2.24, 2.45) is 5.92 Å². The van der Waals surface area contributed by atoms with Gasteiger partial charge < -0.3 is 19.8 Å². The number of hydrogen-bond donors (Lipinski definition) is 2. The molecular formula is C14H26N2O3. The summed E-state index contributed by atoms with van der Waals surface area (Å²) < 4.78 is 5.66. The Labute approximate surface area is 115 Å². The zero-order valence-corrected chi connectivity index (χ0v) is 11.6. The fourth-order valence-electron chi connectivity index (χ4n) is 3.78. The first-order valence-corrected chi connectivity index (χ1v) is 7.61. The van der Waals surface area contributed by atoms with Crippen molar-refractivity contribution in [2.75, 3.05) is 45.9 Å². The highest BCUT2D eigenvalue weighted by Crippen LogP contribution is 2.30. The zero-order valence-electron chi connectivity index (χ0n) is 11.6. The van der Waals surface area contributed by atoms with Gasteiger partial charge >= 0.3 is 0 Å². The summed E-state index contributed by atoms with van der Waals surface area (Å²) in [5, 5.41) is 18.2. The molecule has 5 heteroatoms. The number of aliphatic hydroxyl groups excluding tert-OH is 2. The Hall–Kier alpha value is -0.200. The van der Waals surface area contributed by atoms with Crippen molar-refractivity contribution in [2.45, 2.75) is 37.5 Å². The smallest absolute Gasteiger partial charge is 0.0718 e. The topological polar surface area (TPSA) is 56.2 Å². The lowest BCUT2D eigenvalue weighted by Crippen LogP contribution is -2.52. The van der Waals surface area contributed by atoms with E-state index in [0.717, 1.165) is 52.0 Å². The average Bonchev–Trinajstić information content (AvgIpc) is 2.76. The summed E-state index contributed by atoms with van der Waals surface area (Å²) in [6.45, 7) is 6.21. The number of ether oxygens (including phenoxy) is 1. The molecule has 1 saturated carbocycles. The van der Waals surface area contributed by atoms with Crippen LogP contribution in [0.4, 0.5) is 0 Å². The lowest BCUT2D eigenvalue weighted by molar-refractivity contribution is 0.00927. The predicted molar refractivity (Wildman–Crippen MR) is 72.0 cm³/mol. The molecule has 3 aliphatic rings. The number of aliphatic hydroxyl groups is 2. The molecule has 2 atom stereocenters. The minimum atomic E-state index is -0.0333. The first-order chi connectivity index (χ1) is 9.24. The van der Waals surface area contributed by atoms with Crippen LogP contribution in [-0.2, 0) is 4.74 Å². The molecule has 0 amide bonds. The maximum absolute atomic E-state index is 9.35. The lowest BCUT2D eigenvalue weighted by atomic mass is 9.82. The molecule has 3 rings (SSSR count). The minimum absolute atomic E-state index is 0.0333. The standard InChI is InChI=1S/C14H26N2O3/c17-3-4-19-14-7-12-9-15(1-2-16(12)10-14)8-11-5-13(18)6-11/h11-14,17-18H,1-10H2/t11?,12-,13?,14+/m0/s1. The maximum Gasteiger partial charge on any atom is 0.0718 e. The van der Waals surface area contributed by atoms with E-state index in [-0.39, 0.29) is 12.7 Å². The Bertz CT molecular complexity index is 296. The molecule has 0 aromatic rings. The molecule has 0 radical (unpaired) electrons. The van der Waals surface area contributed by atoms with Crippen molar-refractivity contribution >= 4 is 0 Å². The van der Waals surface area contributed by atoms with Crippen molar-refractivity contribution in [3.8, 4) is 0 Å². The highest BCUT2D eigenvalue weighted by atomic mass is 16.5. The van der Waals surface area contributed by atoms with Gasteiger partial charge in [0, 0.05) is 38.8 Å². The van der Waals surface area contributed by atoms with Crippen LogP contribution in [0.1, 0.15) is 19.3 Å². The van der Waals surface area contributed by atoms with E-state index in [1.165, 1.54) is 0 Å². The van der Waals surface area contributed by atoms with Crippen LogP contribution < -0.4 is 0 Å². The van der Waals surface area contributed by atoms with Crippen molar-refractivity contribution in [3.63, 3.8) is 0 Å². The maximum atomic E-state index is 9.35. The molecule has 19 heavy (non-hydrogen) atoms. The second-order valence-corrected chi connectivity index (χ2v) is 6.35. The summed E-state index contributed by atoms with van der Waals surface area (Å²) in [5.41, 5.74) is 0. The third-order valence-corrected chi connectivity index (χ3v) is 4.83. The van der Waals surface area contributed by atoms with E-state index in [9.17, 15) is 5.11 Å². The van der Waals surface area contributed by atoms with E-state index < -0.39 is 0 Å². The van der Waals surface area contributed by atoms with E-state index in [4.69, 9.17) is 9.84 Å². The van der Waals surface area contributed by atoms with Crippen LogP contribution >= 0.6 is 0 Å². The Morgan fingerprint density at radius 3 is 2.68 bits per heavy atom. The fourth-order valence-corrected chi connectivity index (χ4v) is 3.78. The molecule has 0 aromatic heterocycles. The van der Waals surface area contributed by atoms with Gasteiger partial charge in [0.2, 0.25) is 0 Å². The van der Waals surface area contributed by atoms with E-state index in [1.54, 1.807) is 0 Å². The lowest BCUT2D eigenvalue weighted by Gasteiger charge is -2.41. The van der Waals surface area contributed by atoms with E-state index in [1.807, 2.05) is 0 Å². The normalized spacial score (nSPS) is 40.1. The quantitative estimate of drug-likeness (QED) is 0.707. The number of nitrogens with zero attached hydrogens (tertiary/aromatic N) is 2. The predicted octanol–water partition coefficient (Wildman–Crippen LogP) is -0.475. The van der Waals surface area contributed by atoms with Gasteiger partial charge in [-0.15, -0.1) is 0 Å². The van der Waals surface area contributed by atoms with Crippen molar-refractivity contribution in [1.29, 1.82) is 0 Å². The molecule has 5 nitrogen and oxygen atoms in total. The Balaban J connectivity index is 1.42. The summed E-state index contributed by atoms with van der Waals surface area (Å²) in [5.74, 6) is 0.712. The number of piperazine rings is 1. The van der Waals surface area contributed by atoms with Crippen LogP contribution in [0.3, 0.4) is 0 Å². The van der Waals surface area contributed by atoms with Gasteiger partial charge in [0.15, 0.2) is 0 Å². The highest BCUT2D eigenvalue weighted by Gasteiger charge is 2.38. The molecule has 2 saturated heterocycles. The summed E-state index contributed by atoms with van der Waals surface area (Å²) in [7, 11) is 0. The summed E-state index contributed by atoms with van der Waals surface area (Å²) >= 11 is 0. The van der Waals surface area contributed by atoms with Gasteiger partial charge in [-0.25, -0.2) is 0 Å². The van der Waals surface area contributed by atoms with E-state index in [2.05, 4.69) is 9.80 Å². The van der Waals surface area contributed by atoms with Gasteiger partial charge in [-0.2, -0.15) is 0 Å². The van der Waals surface area contributed by atoms with Crippen molar-refractivity contribution < 1.29 is 14.9 Å². The molecule has 110 valence electrons. The minimum Gasteiger partial charge on any atom is -0.394 e. The molecule has 0 unspecified atom stereocenters. The molecule has 2 heterocycles. The first-order valence-electron chi connectivity index (χ1n) is 7.61. The van der Waals surface area contributed by atoms with Gasteiger partial charge in [0.25, 0.3) is 0 Å². The second kappa shape index (κ2) is 6.06. The monoisotopic (exact) mass is 270 g/mol. The van der Waals surface area contributed by atoms with Crippen molar-refractivity contribution in [1.82, 2.24) is 9.80 Å². The van der Waals surface area contributed by atoms with Crippen LogP contribution in [0.5, 0.6) is 0 Å². The molecule has 2 aliphatic heterocycles. The zero-order chi connectivity index (χ0) is 13.2. The number of fused-ring (bicyclic) bond motifs is 1. The molecule has 0 aromatic carbocycles. The van der Waals surface area contributed by atoms with Gasteiger partial charge in [-0.3, -0.25) is 4.90 Å².